The van der Waals surface area contributed by atoms with Crippen molar-refractivity contribution in [3.05, 3.63) is 45.9 Å². The summed E-state index contributed by atoms with van der Waals surface area (Å²) in [5, 5.41) is 9.56. The fourth-order valence-corrected chi connectivity index (χ4v) is 5.15. The van der Waals surface area contributed by atoms with E-state index >= 15 is 0 Å². The Bertz CT molecular complexity index is 1190. The van der Waals surface area contributed by atoms with E-state index in [1.807, 2.05) is 20.8 Å². The minimum absolute atomic E-state index is 0.0115. The molecular weight excluding hydrogens is 443 g/mol. The number of hydrogen-bond acceptors (Lipinski definition) is 5. The van der Waals surface area contributed by atoms with Crippen LogP contribution < -0.4 is 4.90 Å². The van der Waals surface area contributed by atoms with Gasteiger partial charge in [0, 0.05) is 18.5 Å². The molecule has 2 aromatic rings. The Labute approximate surface area is 184 Å². The highest BCUT2D eigenvalue weighted by molar-refractivity contribution is 7.89. The van der Waals surface area contributed by atoms with Crippen LogP contribution in [0.3, 0.4) is 0 Å². The summed E-state index contributed by atoms with van der Waals surface area (Å²) < 4.78 is 39.7. The number of carbonyl (C=O) groups excluding carboxylic acids is 1. The van der Waals surface area contributed by atoms with Gasteiger partial charge >= 0.3 is 5.97 Å². The Morgan fingerprint density at radius 3 is 2.39 bits per heavy atom. The lowest BCUT2D eigenvalue weighted by atomic mass is 9.98. The maximum atomic E-state index is 13.1. The quantitative estimate of drug-likeness (QED) is 0.702. The molecule has 2 heterocycles. The number of nitrogens with zero attached hydrogens (tertiary/aromatic N) is 2. The predicted octanol–water partition coefficient (Wildman–Crippen LogP) is 3.02. The SMILES string of the molecule is CC(C)(C)C#Cc1cc(N2CCN(S(=O)(=O)c3ccc(F)cc3)CC2=O)c(C(=O)O)s1. The first-order valence-electron chi connectivity index (χ1n) is 9.35. The Balaban J connectivity index is 1.86. The molecule has 1 N–H and O–H groups in total. The number of halogens is 1. The molecule has 0 aliphatic carbocycles. The van der Waals surface area contributed by atoms with E-state index in [2.05, 4.69) is 11.8 Å². The van der Waals surface area contributed by atoms with Crippen molar-refractivity contribution in [1.82, 2.24) is 4.31 Å². The molecule has 0 radical (unpaired) electrons. The van der Waals surface area contributed by atoms with Gasteiger partial charge < -0.3 is 10.0 Å². The Hall–Kier alpha value is -2.74. The second kappa shape index (κ2) is 8.42. The first-order chi connectivity index (χ1) is 14.4. The van der Waals surface area contributed by atoms with Crippen LogP contribution in [0.25, 0.3) is 0 Å². The van der Waals surface area contributed by atoms with Crippen LogP contribution in [0.2, 0.25) is 0 Å². The molecule has 0 spiro atoms. The molecule has 31 heavy (non-hydrogen) atoms. The van der Waals surface area contributed by atoms with E-state index in [0.29, 0.717) is 4.88 Å². The molecule has 164 valence electrons. The molecule has 1 fully saturated rings. The number of anilines is 1. The molecule has 1 aliphatic rings. The number of rotatable bonds is 4. The van der Waals surface area contributed by atoms with E-state index in [4.69, 9.17) is 0 Å². The number of sulfonamides is 1. The number of amides is 1. The molecule has 0 unspecified atom stereocenters. The lowest BCUT2D eigenvalue weighted by Crippen LogP contribution is -2.52. The summed E-state index contributed by atoms with van der Waals surface area (Å²) in [6.07, 6.45) is 0. The zero-order chi connectivity index (χ0) is 23.0. The number of carboxylic acid groups (broad SMARTS) is 1. The summed E-state index contributed by atoms with van der Waals surface area (Å²) in [6, 6.07) is 5.91. The van der Waals surface area contributed by atoms with E-state index in [9.17, 15) is 27.5 Å². The smallest absolute Gasteiger partial charge is 0.348 e. The number of hydrogen-bond donors (Lipinski definition) is 1. The molecule has 1 aromatic heterocycles. The van der Waals surface area contributed by atoms with Crippen molar-refractivity contribution in [2.75, 3.05) is 24.5 Å². The molecule has 0 saturated carbocycles. The fourth-order valence-electron chi connectivity index (χ4n) is 2.91. The Morgan fingerprint density at radius 2 is 1.84 bits per heavy atom. The summed E-state index contributed by atoms with van der Waals surface area (Å²) >= 11 is 0.974. The van der Waals surface area contributed by atoms with Gasteiger partial charge in [-0.25, -0.2) is 17.6 Å². The van der Waals surface area contributed by atoms with E-state index in [1.54, 1.807) is 6.07 Å². The fraction of sp³-hybridized carbons (Fsp3) is 0.333. The van der Waals surface area contributed by atoms with Gasteiger partial charge in [0.15, 0.2) is 0 Å². The number of carbonyl (C=O) groups is 2. The third kappa shape index (κ3) is 5.12. The third-order valence-electron chi connectivity index (χ3n) is 4.40. The molecule has 1 aromatic carbocycles. The molecule has 1 aliphatic heterocycles. The summed E-state index contributed by atoms with van der Waals surface area (Å²) in [5.74, 6) is 3.68. The van der Waals surface area contributed by atoms with Gasteiger partial charge in [-0.05, 0) is 51.1 Å². The van der Waals surface area contributed by atoms with Crippen molar-refractivity contribution in [2.45, 2.75) is 25.7 Å². The van der Waals surface area contributed by atoms with Crippen LogP contribution in [0.5, 0.6) is 0 Å². The zero-order valence-corrected chi connectivity index (χ0v) is 18.8. The second-order valence-electron chi connectivity index (χ2n) is 7.97. The Morgan fingerprint density at radius 1 is 1.19 bits per heavy atom. The molecule has 1 saturated heterocycles. The summed E-state index contributed by atoms with van der Waals surface area (Å²) in [5.41, 5.74) is -0.0662. The summed E-state index contributed by atoms with van der Waals surface area (Å²) in [7, 11) is -3.98. The van der Waals surface area contributed by atoms with Gasteiger partial charge in [-0.1, -0.05) is 11.8 Å². The second-order valence-corrected chi connectivity index (χ2v) is 11.0. The van der Waals surface area contributed by atoms with E-state index in [1.165, 1.54) is 4.90 Å². The standard InChI is InChI=1S/C21H21FN2O5S2/c1-21(2,3)9-8-15-12-17(19(30-15)20(26)27)24-11-10-23(13-18(24)25)31(28,29)16-6-4-14(22)5-7-16/h4-7,12H,10-11,13H2,1-3H3,(H,26,27). The summed E-state index contributed by atoms with van der Waals surface area (Å²) in [4.78, 5) is 26.1. The molecule has 1 amide bonds. The van der Waals surface area contributed by atoms with E-state index < -0.39 is 34.3 Å². The number of benzene rings is 1. The van der Waals surface area contributed by atoms with Crippen LogP contribution in [-0.2, 0) is 14.8 Å². The average Bonchev–Trinajstić information content (AvgIpc) is 3.10. The lowest BCUT2D eigenvalue weighted by molar-refractivity contribution is -0.119. The molecule has 0 bridgehead atoms. The van der Waals surface area contributed by atoms with Crippen LogP contribution in [-0.4, -0.2) is 49.3 Å². The highest BCUT2D eigenvalue weighted by Gasteiger charge is 2.35. The van der Waals surface area contributed by atoms with Gasteiger partial charge in [0.2, 0.25) is 15.9 Å². The van der Waals surface area contributed by atoms with Gasteiger partial charge in [-0.2, -0.15) is 4.31 Å². The lowest BCUT2D eigenvalue weighted by Gasteiger charge is -2.33. The van der Waals surface area contributed by atoms with Crippen molar-refractivity contribution in [2.24, 2.45) is 5.41 Å². The van der Waals surface area contributed by atoms with E-state index in [-0.39, 0.29) is 34.0 Å². The topological polar surface area (TPSA) is 95.0 Å². The van der Waals surface area contributed by atoms with Crippen LogP contribution in [0, 0.1) is 23.1 Å². The van der Waals surface area contributed by atoms with Gasteiger partial charge in [0.1, 0.15) is 10.7 Å². The van der Waals surface area contributed by atoms with Gasteiger partial charge in [-0.15, -0.1) is 11.3 Å². The van der Waals surface area contributed by atoms with Crippen molar-refractivity contribution in [1.29, 1.82) is 0 Å². The number of carboxylic acids is 1. The third-order valence-corrected chi connectivity index (χ3v) is 7.28. The van der Waals surface area contributed by atoms with Gasteiger partial charge in [0.25, 0.3) is 0 Å². The highest BCUT2D eigenvalue weighted by atomic mass is 32.2. The average molecular weight is 465 g/mol. The monoisotopic (exact) mass is 464 g/mol. The van der Waals surface area contributed by atoms with Crippen molar-refractivity contribution in [3.8, 4) is 11.8 Å². The van der Waals surface area contributed by atoms with Gasteiger partial charge in [-0.3, -0.25) is 4.79 Å². The highest BCUT2D eigenvalue weighted by Crippen LogP contribution is 2.32. The largest absolute Gasteiger partial charge is 0.477 e. The normalized spacial score (nSPS) is 15.5. The maximum Gasteiger partial charge on any atom is 0.348 e. The summed E-state index contributed by atoms with van der Waals surface area (Å²) in [6.45, 7) is 5.30. The molecule has 7 nitrogen and oxygen atoms in total. The van der Waals surface area contributed by atoms with Gasteiger partial charge in [0.05, 0.1) is 22.0 Å². The molecule has 3 rings (SSSR count). The van der Waals surface area contributed by atoms with E-state index in [0.717, 1.165) is 39.9 Å². The molecule has 0 atom stereocenters. The van der Waals surface area contributed by atoms with Crippen LogP contribution in [0.15, 0.2) is 35.2 Å². The molecular formula is C21H21FN2O5S2. The predicted molar refractivity (Wildman–Crippen MR) is 115 cm³/mol. The minimum Gasteiger partial charge on any atom is -0.477 e. The van der Waals surface area contributed by atoms with Crippen molar-refractivity contribution < 1.29 is 27.5 Å². The maximum absolute atomic E-state index is 13.1. The molecule has 10 heteroatoms. The van der Waals surface area contributed by atoms with Crippen LogP contribution in [0.1, 0.15) is 35.3 Å². The zero-order valence-electron chi connectivity index (χ0n) is 17.2. The Kier molecular flexibility index (Phi) is 6.23. The number of thiophene rings is 1. The van der Waals surface area contributed by atoms with Crippen LogP contribution in [0.4, 0.5) is 10.1 Å². The number of aromatic carboxylic acids is 1. The van der Waals surface area contributed by atoms with Crippen molar-refractivity contribution in [3.63, 3.8) is 0 Å². The van der Waals surface area contributed by atoms with Crippen LogP contribution >= 0.6 is 11.3 Å². The number of piperazine rings is 1. The van der Waals surface area contributed by atoms with Crippen molar-refractivity contribution >= 4 is 38.9 Å². The first kappa shape index (κ1) is 22.9. The minimum atomic E-state index is -3.98. The first-order valence-corrected chi connectivity index (χ1v) is 11.6.